The molecule has 1 aromatic heterocycles. The predicted octanol–water partition coefficient (Wildman–Crippen LogP) is 1.66. The number of nitrogens with zero attached hydrogens (tertiary/aromatic N) is 2. The highest BCUT2D eigenvalue weighted by Gasteiger charge is 2.25. The molecule has 1 saturated heterocycles. The molecule has 0 aromatic carbocycles. The third kappa shape index (κ3) is 3.04. The van der Waals surface area contributed by atoms with Crippen LogP contribution in [0.3, 0.4) is 0 Å². The van der Waals surface area contributed by atoms with Crippen molar-refractivity contribution in [3.05, 3.63) is 24.0 Å². The summed E-state index contributed by atoms with van der Waals surface area (Å²) >= 11 is 1.89. The van der Waals surface area contributed by atoms with Gasteiger partial charge >= 0.3 is 0 Å². The van der Waals surface area contributed by atoms with Crippen LogP contribution in [0.4, 0.5) is 5.69 Å². The normalized spacial score (nSPS) is 18.5. The number of nitrogens with two attached hydrogens (primary N) is 1. The minimum Gasteiger partial charge on any atom is -0.398 e. The molecule has 17 heavy (non-hydrogen) atoms. The molecule has 1 aromatic rings. The average molecular weight is 274 g/mol. The highest BCUT2D eigenvalue weighted by atomic mass is 35.5. The number of aromatic nitrogens is 1. The summed E-state index contributed by atoms with van der Waals surface area (Å²) < 4.78 is 0. The molecule has 1 amide bonds. The van der Waals surface area contributed by atoms with E-state index in [1.165, 1.54) is 6.20 Å². The van der Waals surface area contributed by atoms with E-state index >= 15 is 0 Å². The summed E-state index contributed by atoms with van der Waals surface area (Å²) in [5, 5.41) is 0. The lowest BCUT2D eigenvalue weighted by Gasteiger charge is -2.24. The summed E-state index contributed by atoms with van der Waals surface area (Å²) in [6, 6.07) is 1.99. The van der Waals surface area contributed by atoms with Gasteiger partial charge in [-0.25, -0.2) is 0 Å². The molecule has 0 saturated carbocycles. The van der Waals surface area contributed by atoms with Crippen molar-refractivity contribution in [2.75, 3.05) is 24.3 Å². The average Bonchev–Trinajstić information content (AvgIpc) is 2.81. The van der Waals surface area contributed by atoms with Crippen molar-refractivity contribution in [2.45, 2.75) is 12.5 Å². The quantitative estimate of drug-likeness (QED) is 0.890. The molecule has 2 N–H and O–H groups in total. The van der Waals surface area contributed by atoms with E-state index in [4.69, 9.17) is 5.73 Å². The Hall–Kier alpha value is -0.940. The zero-order valence-electron chi connectivity index (χ0n) is 9.63. The fraction of sp³-hybridized carbons (Fsp3) is 0.455. The first kappa shape index (κ1) is 14.1. The number of pyridine rings is 1. The Morgan fingerprint density at radius 1 is 1.65 bits per heavy atom. The third-order valence-electron chi connectivity index (χ3n) is 2.86. The molecule has 0 spiro atoms. The Kier molecular flexibility index (Phi) is 5.08. The van der Waals surface area contributed by atoms with Gasteiger partial charge in [-0.1, -0.05) is 0 Å². The zero-order chi connectivity index (χ0) is 11.5. The minimum absolute atomic E-state index is 0. The summed E-state index contributed by atoms with van der Waals surface area (Å²) in [5.41, 5.74) is 6.76. The van der Waals surface area contributed by atoms with Crippen LogP contribution in [0.1, 0.15) is 16.8 Å². The number of hydrogen-bond donors (Lipinski definition) is 1. The Morgan fingerprint density at radius 3 is 3.00 bits per heavy atom. The van der Waals surface area contributed by atoms with Gasteiger partial charge in [-0.2, -0.15) is 11.8 Å². The fourth-order valence-corrected chi connectivity index (χ4v) is 3.04. The van der Waals surface area contributed by atoms with Crippen LogP contribution in [0.25, 0.3) is 0 Å². The van der Waals surface area contributed by atoms with Crippen molar-refractivity contribution in [2.24, 2.45) is 0 Å². The van der Waals surface area contributed by atoms with Crippen molar-refractivity contribution in [3.8, 4) is 0 Å². The Bertz CT molecular complexity index is 396. The second-order valence-electron chi connectivity index (χ2n) is 3.90. The fourth-order valence-electron chi connectivity index (χ4n) is 1.77. The molecule has 0 radical (unpaired) electrons. The molecule has 1 atom stereocenters. The maximum atomic E-state index is 12.1. The molecule has 1 aliphatic heterocycles. The predicted molar refractivity (Wildman–Crippen MR) is 73.7 cm³/mol. The van der Waals surface area contributed by atoms with Gasteiger partial charge in [-0.3, -0.25) is 9.78 Å². The van der Waals surface area contributed by atoms with Crippen LogP contribution in [0.5, 0.6) is 0 Å². The zero-order valence-corrected chi connectivity index (χ0v) is 11.3. The van der Waals surface area contributed by atoms with E-state index < -0.39 is 0 Å². The minimum atomic E-state index is -0.0295. The number of amides is 1. The Balaban J connectivity index is 0.00000144. The van der Waals surface area contributed by atoms with Crippen LogP contribution in [0, 0.1) is 0 Å². The summed E-state index contributed by atoms with van der Waals surface area (Å²) in [6.07, 6.45) is 4.20. The molecule has 94 valence electrons. The van der Waals surface area contributed by atoms with E-state index in [-0.39, 0.29) is 18.3 Å². The molecule has 1 fully saturated rings. The lowest BCUT2D eigenvalue weighted by Crippen LogP contribution is -2.37. The number of carbonyl (C=O) groups is 1. The van der Waals surface area contributed by atoms with Gasteiger partial charge in [0.05, 0.1) is 5.56 Å². The van der Waals surface area contributed by atoms with Gasteiger partial charge in [-0.05, 0) is 18.2 Å². The summed E-state index contributed by atoms with van der Waals surface area (Å²) in [5.74, 6) is 2.12. The molecule has 4 nitrogen and oxygen atoms in total. The van der Waals surface area contributed by atoms with E-state index in [0.717, 1.165) is 17.9 Å². The topological polar surface area (TPSA) is 59.2 Å². The van der Waals surface area contributed by atoms with Crippen molar-refractivity contribution in [1.29, 1.82) is 0 Å². The number of nitrogen functional groups attached to an aromatic ring is 1. The van der Waals surface area contributed by atoms with Gasteiger partial charge in [0.25, 0.3) is 5.91 Å². The molecule has 6 heteroatoms. The van der Waals surface area contributed by atoms with Crippen molar-refractivity contribution >= 4 is 35.8 Å². The highest BCUT2D eigenvalue weighted by Crippen LogP contribution is 2.23. The van der Waals surface area contributed by atoms with E-state index in [1.807, 2.05) is 18.8 Å². The van der Waals surface area contributed by atoms with Crippen LogP contribution in [-0.2, 0) is 0 Å². The number of hydrogen-bond acceptors (Lipinski definition) is 4. The summed E-state index contributed by atoms with van der Waals surface area (Å²) in [7, 11) is 1.84. The van der Waals surface area contributed by atoms with Crippen LogP contribution < -0.4 is 5.73 Å². The monoisotopic (exact) mass is 273 g/mol. The number of thioether (sulfide) groups is 1. The van der Waals surface area contributed by atoms with Crippen molar-refractivity contribution in [1.82, 2.24) is 9.88 Å². The molecule has 2 rings (SSSR count). The number of halogens is 1. The van der Waals surface area contributed by atoms with E-state index in [2.05, 4.69) is 4.98 Å². The summed E-state index contributed by atoms with van der Waals surface area (Å²) in [4.78, 5) is 17.9. The standard InChI is InChI=1S/C11H15N3OS.ClH/c1-14(8-3-5-16-7-8)11(15)9-6-13-4-2-10(9)12;/h2,4,6,8H,3,5,7H2,1H3,(H2,12,13);1H. The summed E-state index contributed by atoms with van der Waals surface area (Å²) in [6.45, 7) is 0. The van der Waals surface area contributed by atoms with Gasteiger partial charge in [0.15, 0.2) is 0 Å². The van der Waals surface area contributed by atoms with Gasteiger partial charge in [0.2, 0.25) is 0 Å². The lowest BCUT2D eigenvalue weighted by molar-refractivity contribution is 0.0748. The van der Waals surface area contributed by atoms with E-state index in [1.54, 1.807) is 17.2 Å². The molecule has 0 aliphatic carbocycles. The lowest BCUT2D eigenvalue weighted by atomic mass is 10.1. The first-order valence-corrected chi connectivity index (χ1v) is 6.40. The highest BCUT2D eigenvalue weighted by molar-refractivity contribution is 7.99. The maximum absolute atomic E-state index is 12.1. The number of carbonyl (C=O) groups excluding carboxylic acids is 1. The number of anilines is 1. The van der Waals surface area contributed by atoms with Crippen LogP contribution >= 0.6 is 24.2 Å². The van der Waals surface area contributed by atoms with E-state index in [0.29, 0.717) is 17.3 Å². The van der Waals surface area contributed by atoms with Crippen molar-refractivity contribution in [3.63, 3.8) is 0 Å². The molecule has 0 bridgehead atoms. The molecule has 2 heterocycles. The van der Waals surface area contributed by atoms with Crippen LogP contribution in [0.2, 0.25) is 0 Å². The molecule has 1 aliphatic rings. The van der Waals surface area contributed by atoms with Crippen LogP contribution in [-0.4, -0.2) is 40.4 Å². The second-order valence-corrected chi connectivity index (χ2v) is 5.05. The SMILES string of the molecule is CN(C(=O)c1cnccc1N)C1CCSC1.Cl. The van der Waals surface area contributed by atoms with E-state index in [9.17, 15) is 4.79 Å². The van der Waals surface area contributed by atoms with Gasteiger partial charge < -0.3 is 10.6 Å². The molecular formula is C11H16ClN3OS. The number of rotatable bonds is 2. The first-order chi connectivity index (χ1) is 7.70. The molecular weight excluding hydrogens is 258 g/mol. The smallest absolute Gasteiger partial charge is 0.257 e. The largest absolute Gasteiger partial charge is 0.398 e. The van der Waals surface area contributed by atoms with Gasteiger partial charge in [0.1, 0.15) is 0 Å². The maximum Gasteiger partial charge on any atom is 0.257 e. The van der Waals surface area contributed by atoms with Gasteiger partial charge in [0, 0.05) is 36.9 Å². The Morgan fingerprint density at radius 2 is 2.41 bits per heavy atom. The van der Waals surface area contributed by atoms with Crippen LogP contribution in [0.15, 0.2) is 18.5 Å². The second kappa shape index (κ2) is 6.12. The Labute approximate surface area is 111 Å². The third-order valence-corrected chi connectivity index (χ3v) is 4.00. The molecule has 1 unspecified atom stereocenters. The first-order valence-electron chi connectivity index (χ1n) is 5.24. The van der Waals surface area contributed by atoms with Crippen molar-refractivity contribution < 1.29 is 4.79 Å². The van der Waals surface area contributed by atoms with Gasteiger partial charge in [-0.15, -0.1) is 12.4 Å².